The average molecular weight is 341 g/mol. The Morgan fingerprint density at radius 3 is 2.08 bits per heavy atom. The van der Waals surface area contributed by atoms with Crippen LogP contribution in [0.15, 0.2) is 12.1 Å². The zero-order chi connectivity index (χ0) is 17.6. The number of aliphatic carboxylic acids is 1. The number of hydrogen-bond acceptors (Lipinski definition) is 5. The molecule has 7 nitrogen and oxygen atoms in total. The van der Waals surface area contributed by atoms with Crippen molar-refractivity contribution in [3.63, 3.8) is 0 Å². The molecular formula is C15H13F2NO6. The Labute approximate surface area is 134 Å². The summed E-state index contributed by atoms with van der Waals surface area (Å²) in [5.41, 5.74) is -1.38. The standard InChI is InChI=1S/C15H13F2NO6/c1-15(23-4-5-24-15)7(14(21)22)6-18-12(19)10-8(16)2-3-9(17)11(10)13(18)20/h2-3,7H,4-6H2,1H3,(H,21,22). The minimum atomic E-state index is -1.54. The topological polar surface area (TPSA) is 93.1 Å². The molecule has 9 heteroatoms. The molecule has 0 radical (unpaired) electrons. The summed E-state index contributed by atoms with van der Waals surface area (Å²) < 4.78 is 38.2. The second kappa shape index (κ2) is 5.60. The van der Waals surface area contributed by atoms with Crippen LogP contribution in [0.1, 0.15) is 27.6 Å². The predicted octanol–water partition coefficient (Wildman–Crippen LogP) is 1.02. The van der Waals surface area contributed by atoms with Crippen LogP contribution >= 0.6 is 0 Å². The third-order valence-corrected chi connectivity index (χ3v) is 4.18. The molecule has 2 aliphatic heterocycles. The first-order valence-electron chi connectivity index (χ1n) is 7.11. The fraction of sp³-hybridized carbons (Fsp3) is 0.400. The molecular weight excluding hydrogens is 328 g/mol. The number of nitrogens with zero attached hydrogens (tertiary/aromatic N) is 1. The smallest absolute Gasteiger partial charge is 0.313 e. The van der Waals surface area contributed by atoms with Crippen molar-refractivity contribution in [1.29, 1.82) is 0 Å². The van der Waals surface area contributed by atoms with Crippen LogP contribution in [-0.2, 0) is 14.3 Å². The van der Waals surface area contributed by atoms with Gasteiger partial charge < -0.3 is 14.6 Å². The highest BCUT2D eigenvalue weighted by Gasteiger charge is 2.49. The van der Waals surface area contributed by atoms with Crippen LogP contribution in [-0.4, -0.2) is 53.3 Å². The van der Waals surface area contributed by atoms with Gasteiger partial charge in [0.05, 0.1) is 24.3 Å². The number of hydrogen-bond donors (Lipinski definition) is 1. The van der Waals surface area contributed by atoms with E-state index in [4.69, 9.17) is 9.47 Å². The fourth-order valence-electron chi connectivity index (χ4n) is 2.88. The molecule has 1 aromatic rings. The van der Waals surface area contributed by atoms with Gasteiger partial charge in [-0.25, -0.2) is 8.78 Å². The number of carboxylic acid groups (broad SMARTS) is 1. The van der Waals surface area contributed by atoms with Crippen LogP contribution in [0.25, 0.3) is 0 Å². The van der Waals surface area contributed by atoms with E-state index in [9.17, 15) is 28.3 Å². The predicted molar refractivity (Wildman–Crippen MR) is 73.2 cm³/mol. The first-order chi connectivity index (χ1) is 11.3. The third-order valence-electron chi connectivity index (χ3n) is 4.18. The molecule has 1 unspecified atom stereocenters. The number of fused-ring (bicyclic) bond motifs is 1. The Balaban J connectivity index is 1.95. The van der Waals surface area contributed by atoms with Crippen LogP contribution in [0.2, 0.25) is 0 Å². The molecule has 24 heavy (non-hydrogen) atoms. The lowest BCUT2D eigenvalue weighted by atomic mass is 9.99. The van der Waals surface area contributed by atoms with E-state index in [0.717, 1.165) is 12.1 Å². The van der Waals surface area contributed by atoms with Crippen molar-refractivity contribution in [2.45, 2.75) is 12.7 Å². The molecule has 128 valence electrons. The molecule has 0 spiro atoms. The van der Waals surface area contributed by atoms with Crippen LogP contribution in [0.3, 0.4) is 0 Å². The maximum atomic E-state index is 13.8. The molecule has 2 aliphatic rings. The monoisotopic (exact) mass is 341 g/mol. The Bertz CT molecular complexity index is 703. The third kappa shape index (κ3) is 2.36. The van der Waals surface area contributed by atoms with E-state index in [1.165, 1.54) is 6.92 Å². The van der Waals surface area contributed by atoms with Gasteiger partial charge in [0.2, 0.25) is 0 Å². The number of halogens is 2. The number of amides is 2. The van der Waals surface area contributed by atoms with E-state index in [-0.39, 0.29) is 13.2 Å². The largest absolute Gasteiger partial charge is 0.481 e. The van der Waals surface area contributed by atoms with Crippen molar-refractivity contribution in [3.05, 3.63) is 34.9 Å². The second-order valence-corrected chi connectivity index (χ2v) is 5.60. The molecule has 2 heterocycles. The quantitative estimate of drug-likeness (QED) is 0.822. The average Bonchev–Trinajstić information content (AvgIpc) is 3.05. The molecule has 0 aliphatic carbocycles. The maximum Gasteiger partial charge on any atom is 0.313 e. The first kappa shape index (κ1) is 16.5. The molecule has 0 saturated carbocycles. The van der Waals surface area contributed by atoms with Gasteiger partial charge in [0.15, 0.2) is 5.79 Å². The van der Waals surface area contributed by atoms with Gasteiger partial charge in [-0.1, -0.05) is 0 Å². The summed E-state index contributed by atoms with van der Waals surface area (Å²) in [7, 11) is 0. The minimum Gasteiger partial charge on any atom is -0.481 e. The molecule has 3 rings (SSSR count). The number of ether oxygens (including phenoxy) is 2. The molecule has 0 aromatic heterocycles. The minimum absolute atomic E-state index is 0.158. The second-order valence-electron chi connectivity index (χ2n) is 5.60. The van der Waals surface area contributed by atoms with Gasteiger partial charge in [0.1, 0.15) is 17.6 Å². The van der Waals surface area contributed by atoms with Crippen molar-refractivity contribution in [3.8, 4) is 0 Å². The van der Waals surface area contributed by atoms with Gasteiger partial charge in [0, 0.05) is 6.54 Å². The summed E-state index contributed by atoms with van der Waals surface area (Å²) in [6.07, 6.45) is 0. The van der Waals surface area contributed by atoms with Gasteiger partial charge in [-0.3, -0.25) is 19.3 Å². The lowest BCUT2D eigenvalue weighted by molar-refractivity contribution is -0.197. The molecule has 1 atom stereocenters. The Morgan fingerprint density at radius 1 is 1.21 bits per heavy atom. The van der Waals surface area contributed by atoms with Crippen molar-refractivity contribution >= 4 is 17.8 Å². The molecule has 2 amide bonds. The van der Waals surface area contributed by atoms with E-state index >= 15 is 0 Å². The van der Waals surface area contributed by atoms with Crippen LogP contribution in [0.5, 0.6) is 0 Å². The summed E-state index contributed by atoms with van der Waals surface area (Å²) >= 11 is 0. The van der Waals surface area contributed by atoms with Gasteiger partial charge in [-0.15, -0.1) is 0 Å². The highest BCUT2D eigenvalue weighted by atomic mass is 19.1. The summed E-state index contributed by atoms with van der Waals surface area (Å²) in [5.74, 6) is -8.57. The van der Waals surface area contributed by atoms with E-state index in [0.29, 0.717) is 4.90 Å². The summed E-state index contributed by atoms with van der Waals surface area (Å²) in [6, 6.07) is 1.48. The first-order valence-corrected chi connectivity index (χ1v) is 7.11. The normalized spacial score (nSPS) is 20.4. The number of carbonyl (C=O) groups is 3. The summed E-state index contributed by atoms with van der Waals surface area (Å²) in [5, 5.41) is 9.40. The number of rotatable bonds is 4. The lowest BCUT2D eigenvalue weighted by Crippen LogP contribution is -2.48. The van der Waals surface area contributed by atoms with Crippen molar-refractivity contribution in [1.82, 2.24) is 4.90 Å². The zero-order valence-corrected chi connectivity index (χ0v) is 12.5. The van der Waals surface area contributed by atoms with Crippen LogP contribution in [0, 0.1) is 17.6 Å². The van der Waals surface area contributed by atoms with Crippen LogP contribution in [0.4, 0.5) is 8.78 Å². The highest BCUT2D eigenvalue weighted by Crippen LogP contribution is 2.33. The molecule has 1 N–H and O–H groups in total. The number of carbonyl (C=O) groups excluding carboxylic acids is 2. The summed E-state index contributed by atoms with van der Waals surface area (Å²) in [4.78, 5) is 36.6. The van der Waals surface area contributed by atoms with E-state index in [1.807, 2.05) is 0 Å². The number of carboxylic acids is 1. The highest BCUT2D eigenvalue weighted by molar-refractivity contribution is 6.21. The summed E-state index contributed by atoms with van der Waals surface area (Å²) in [6.45, 7) is 1.06. The molecule has 1 saturated heterocycles. The molecule has 1 aromatic carbocycles. The SMILES string of the molecule is CC1(C(CN2C(=O)c3c(F)ccc(F)c3C2=O)C(=O)O)OCCO1. The fourth-order valence-corrected chi connectivity index (χ4v) is 2.88. The van der Waals surface area contributed by atoms with Gasteiger partial charge in [-0.05, 0) is 19.1 Å². The Morgan fingerprint density at radius 2 is 1.67 bits per heavy atom. The van der Waals surface area contributed by atoms with E-state index in [1.54, 1.807) is 0 Å². The Hall–Kier alpha value is -2.39. The van der Waals surface area contributed by atoms with Gasteiger partial charge >= 0.3 is 5.97 Å². The van der Waals surface area contributed by atoms with Gasteiger partial charge in [-0.2, -0.15) is 0 Å². The zero-order valence-electron chi connectivity index (χ0n) is 12.5. The molecule has 0 bridgehead atoms. The number of benzene rings is 1. The number of imide groups is 1. The van der Waals surface area contributed by atoms with Crippen molar-refractivity contribution in [2.24, 2.45) is 5.92 Å². The van der Waals surface area contributed by atoms with Gasteiger partial charge in [0.25, 0.3) is 11.8 Å². The lowest BCUT2D eigenvalue weighted by Gasteiger charge is -2.31. The molecule has 1 fully saturated rings. The Kier molecular flexibility index (Phi) is 3.84. The van der Waals surface area contributed by atoms with Crippen LogP contribution < -0.4 is 0 Å². The van der Waals surface area contributed by atoms with E-state index < -0.39 is 58.8 Å². The van der Waals surface area contributed by atoms with E-state index in [2.05, 4.69) is 0 Å². The maximum absolute atomic E-state index is 13.8. The van der Waals surface area contributed by atoms with Crippen molar-refractivity contribution in [2.75, 3.05) is 19.8 Å². The van der Waals surface area contributed by atoms with Crippen molar-refractivity contribution < 1.29 is 37.7 Å².